The van der Waals surface area contributed by atoms with Crippen molar-refractivity contribution in [2.75, 3.05) is 18.0 Å². The molecule has 112 valence electrons. The predicted molar refractivity (Wildman–Crippen MR) is 86.7 cm³/mol. The molecule has 0 bridgehead atoms. The van der Waals surface area contributed by atoms with Gasteiger partial charge < -0.3 is 10.2 Å². The number of hydrogen-bond acceptors (Lipinski definition) is 4. The highest BCUT2D eigenvalue weighted by Gasteiger charge is 2.28. The second-order valence-corrected chi connectivity index (χ2v) is 7.12. The first kappa shape index (κ1) is 14.3. The minimum Gasteiger partial charge on any atom is -0.345 e. The van der Waals surface area contributed by atoms with Gasteiger partial charge in [-0.3, -0.25) is 0 Å². The van der Waals surface area contributed by atoms with Crippen molar-refractivity contribution >= 4 is 16.5 Å². The lowest BCUT2D eigenvalue weighted by molar-refractivity contribution is 0.445. The number of thiazole rings is 1. The summed E-state index contributed by atoms with van der Waals surface area (Å²) in [5.74, 6) is 0. The number of aromatic nitrogens is 1. The minimum absolute atomic E-state index is 0.499. The van der Waals surface area contributed by atoms with Crippen molar-refractivity contribution in [1.29, 1.82) is 0 Å². The zero-order valence-corrected chi connectivity index (χ0v) is 13.6. The maximum Gasteiger partial charge on any atom is 0.186 e. The molecule has 1 aliphatic carbocycles. The summed E-state index contributed by atoms with van der Waals surface area (Å²) in [6, 6.07) is 1.22. The van der Waals surface area contributed by atoms with Crippen molar-refractivity contribution < 1.29 is 0 Å². The van der Waals surface area contributed by atoms with Gasteiger partial charge in [-0.15, -0.1) is 11.3 Å². The smallest absolute Gasteiger partial charge is 0.186 e. The summed E-state index contributed by atoms with van der Waals surface area (Å²) in [6.07, 6.45) is 9.11. The fourth-order valence-electron chi connectivity index (χ4n) is 3.65. The van der Waals surface area contributed by atoms with Crippen molar-refractivity contribution in [1.82, 2.24) is 10.3 Å². The van der Waals surface area contributed by atoms with Gasteiger partial charge in [0.05, 0.1) is 11.7 Å². The standard InChI is InChI=1S/C16H27N3S/c1-3-12-8-5-6-11-19(12)16-18-15-13(17-4-2)9-7-10-14(15)20-16/h12-13,17H,3-11H2,1-2H3. The molecule has 3 rings (SSSR count). The summed E-state index contributed by atoms with van der Waals surface area (Å²) >= 11 is 1.97. The monoisotopic (exact) mass is 293 g/mol. The van der Waals surface area contributed by atoms with Crippen LogP contribution in [0.2, 0.25) is 0 Å². The van der Waals surface area contributed by atoms with Gasteiger partial charge in [-0.2, -0.15) is 0 Å². The van der Waals surface area contributed by atoms with Gasteiger partial charge in [0, 0.05) is 17.5 Å². The molecular formula is C16H27N3S. The van der Waals surface area contributed by atoms with E-state index in [1.165, 1.54) is 67.2 Å². The molecular weight excluding hydrogens is 266 g/mol. The van der Waals surface area contributed by atoms with Gasteiger partial charge in [0.1, 0.15) is 0 Å². The molecule has 1 N–H and O–H groups in total. The lowest BCUT2D eigenvalue weighted by atomic mass is 9.97. The number of fused-ring (bicyclic) bond motifs is 1. The van der Waals surface area contributed by atoms with Crippen LogP contribution in [-0.4, -0.2) is 24.1 Å². The average molecular weight is 293 g/mol. The summed E-state index contributed by atoms with van der Waals surface area (Å²) in [5, 5.41) is 4.91. The van der Waals surface area contributed by atoms with E-state index in [9.17, 15) is 0 Å². The molecule has 2 atom stereocenters. The van der Waals surface area contributed by atoms with E-state index in [4.69, 9.17) is 4.98 Å². The van der Waals surface area contributed by atoms with Crippen LogP contribution in [0.4, 0.5) is 5.13 Å². The van der Waals surface area contributed by atoms with Crippen LogP contribution in [0.5, 0.6) is 0 Å². The topological polar surface area (TPSA) is 28.2 Å². The molecule has 3 nitrogen and oxygen atoms in total. The number of nitrogens with one attached hydrogen (secondary N) is 1. The minimum atomic E-state index is 0.499. The highest BCUT2D eigenvalue weighted by atomic mass is 32.1. The van der Waals surface area contributed by atoms with Crippen LogP contribution in [0.25, 0.3) is 0 Å². The van der Waals surface area contributed by atoms with E-state index < -0.39 is 0 Å². The van der Waals surface area contributed by atoms with Gasteiger partial charge in [0.2, 0.25) is 0 Å². The molecule has 0 aromatic carbocycles. The number of nitrogens with zero attached hydrogens (tertiary/aromatic N) is 2. The summed E-state index contributed by atoms with van der Waals surface area (Å²) in [5.41, 5.74) is 1.36. The van der Waals surface area contributed by atoms with E-state index in [0.717, 1.165) is 6.54 Å². The van der Waals surface area contributed by atoms with E-state index >= 15 is 0 Å². The van der Waals surface area contributed by atoms with Crippen molar-refractivity contribution in [2.45, 2.75) is 70.9 Å². The molecule has 4 heteroatoms. The Bertz CT molecular complexity index is 443. The van der Waals surface area contributed by atoms with Crippen LogP contribution in [0.1, 0.15) is 69.0 Å². The molecule has 1 fully saturated rings. The van der Waals surface area contributed by atoms with E-state index in [2.05, 4.69) is 24.1 Å². The Morgan fingerprint density at radius 3 is 2.95 bits per heavy atom. The van der Waals surface area contributed by atoms with E-state index in [1.54, 1.807) is 0 Å². The van der Waals surface area contributed by atoms with E-state index in [-0.39, 0.29) is 0 Å². The maximum absolute atomic E-state index is 5.05. The zero-order valence-electron chi connectivity index (χ0n) is 12.8. The SMILES string of the molecule is CCNC1CCCc2sc(N3CCCCC3CC)nc21. The second kappa shape index (κ2) is 6.44. The van der Waals surface area contributed by atoms with Gasteiger partial charge in [-0.05, 0) is 51.5 Å². The Labute approximate surface area is 126 Å². The third-order valence-electron chi connectivity index (χ3n) is 4.74. The molecule has 1 aromatic rings. The van der Waals surface area contributed by atoms with Gasteiger partial charge in [-0.1, -0.05) is 13.8 Å². The number of hydrogen-bond donors (Lipinski definition) is 1. The number of piperidine rings is 1. The lowest BCUT2D eigenvalue weighted by Gasteiger charge is -2.35. The highest BCUT2D eigenvalue weighted by molar-refractivity contribution is 7.15. The quantitative estimate of drug-likeness (QED) is 0.912. The fraction of sp³-hybridized carbons (Fsp3) is 0.812. The summed E-state index contributed by atoms with van der Waals surface area (Å²) in [7, 11) is 0. The molecule has 2 unspecified atom stereocenters. The number of aryl methyl sites for hydroxylation is 1. The summed E-state index contributed by atoms with van der Waals surface area (Å²) < 4.78 is 0. The van der Waals surface area contributed by atoms with E-state index in [1.807, 2.05) is 11.3 Å². The lowest BCUT2D eigenvalue weighted by Crippen LogP contribution is -2.39. The Morgan fingerprint density at radius 2 is 2.15 bits per heavy atom. The Morgan fingerprint density at radius 1 is 1.25 bits per heavy atom. The molecule has 0 spiro atoms. The highest BCUT2D eigenvalue weighted by Crippen LogP contribution is 2.38. The molecule has 0 saturated carbocycles. The molecule has 2 heterocycles. The van der Waals surface area contributed by atoms with Crippen LogP contribution in [0.15, 0.2) is 0 Å². The van der Waals surface area contributed by atoms with Crippen molar-refractivity contribution in [3.05, 3.63) is 10.6 Å². The van der Waals surface area contributed by atoms with Crippen molar-refractivity contribution in [3.63, 3.8) is 0 Å². The normalized spacial score (nSPS) is 26.6. The molecule has 1 aliphatic heterocycles. The van der Waals surface area contributed by atoms with Crippen molar-refractivity contribution in [2.24, 2.45) is 0 Å². The first-order valence-electron chi connectivity index (χ1n) is 8.33. The third-order valence-corrected chi connectivity index (χ3v) is 5.91. The van der Waals surface area contributed by atoms with Crippen LogP contribution >= 0.6 is 11.3 Å². The van der Waals surface area contributed by atoms with Gasteiger partial charge >= 0.3 is 0 Å². The Balaban J connectivity index is 1.84. The largest absolute Gasteiger partial charge is 0.345 e. The van der Waals surface area contributed by atoms with E-state index in [0.29, 0.717) is 12.1 Å². The van der Waals surface area contributed by atoms with Crippen LogP contribution in [-0.2, 0) is 6.42 Å². The zero-order chi connectivity index (χ0) is 13.9. The molecule has 0 radical (unpaired) electrons. The molecule has 1 aromatic heterocycles. The predicted octanol–water partition coefficient (Wildman–Crippen LogP) is 3.90. The molecule has 1 saturated heterocycles. The molecule has 20 heavy (non-hydrogen) atoms. The average Bonchev–Trinajstić information content (AvgIpc) is 2.92. The van der Waals surface area contributed by atoms with Gasteiger partial charge in [0.25, 0.3) is 0 Å². The third kappa shape index (κ3) is 2.73. The number of anilines is 1. The molecule has 0 amide bonds. The summed E-state index contributed by atoms with van der Waals surface area (Å²) in [4.78, 5) is 9.19. The van der Waals surface area contributed by atoms with Gasteiger partial charge in [0.15, 0.2) is 5.13 Å². The fourth-order valence-corrected chi connectivity index (χ4v) is 4.91. The first-order valence-corrected chi connectivity index (χ1v) is 9.14. The second-order valence-electron chi connectivity index (χ2n) is 6.06. The van der Waals surface area contributed by atoms with Crippen LogP contribution in [0.3, 0.4) is 0 Å². The first-order chi connectivity index (χ1) is 9.83. The summed E-state index contributed by atoms with van der Waals surface area (Å²) in [6.45, 7) is 6.76. The van der Waals surface area contributed by atoms with Gasteiger partial charge in [-0.25, -0.2) is 4.98 Å². The van der Waals surface area contributed by atoms with Crippen LogP contribution in [0, 0.1) is 0 Å². The number of rotatable bonds is 4. The Hall–Kier alpha value is -0.610. The molecule has 2 aliphatic rings. The van der Waals surface area contributed by atoms with Crippen molar-refractivity contribution in [3.8, 4) is 0 Å². The van der Waals surface area contributed by atoms with Crippen LogP contribution < -0.4 is 10.2 Å². The Kier molecular flexibility index (Phi) is 4.61. The maximum atomic E-state index is 5.05.